The molecule has 1 amide bonds. The summed E-state index contributed by atoms with van der Waals surface area (Å²) in [4.78, 5) is 15.8. The van der Waals surface area contributed by atoms with Gasteiger partial charge in [-0.05, 0) is 68.1 Å². The molecule has 0 radical (unpaired) electrons. The molecule has 4 rings (SSSR count). The van der Waals surface area contributed by atoms with Crippen LogP contribution in [0.3, 0.4) is 0 Å². The Bertz CT molecular complexity index is 1490. The van der Waals surface area contributed by atoms with Crippen molar-refractivity contribution in [2.75, 3.05) is 36.5 Å². The van der Waals surface area contributed by atoms with E-state index in [1.165, 1.54) is 0 Å². The predicted molar refractivity (Wildman–Crippen MR) is 155 cm³/mol. The van der Waals surface area contributed by atoms with E-state index >= 15 is 0 Å². The summed E-state index contributed by atoms with van der Waals surface area (Å²) in [6.07, 6.45) is 2.35. The summed E-state index contributed by atoms with van der Waals surface area (Å²) in [5.41, 5.74) is 2.52. The van der Waals surface area contributed by atoms with Crippen molar-refractivity contribution in [1.29, 1.82) is 5.26 Å². The number of rotatable bonds is 8. The molecule has 0 saturated carbocycles. The number of piperidine rings is 1. The third-order valence-corrected chi connectivity index (χ3v) is 7.83. The molecular weight excluding hydrogens is 512 g/mol. The highest BCUT2D eigenvalue weighted by atomic mass is 32.2. The highest BCUT2D eigenvalue weighted by Gasteiger charge is 2.39. The van der Waals surface area contributed by atoms with E-state index in [1.54, 1.807) is 43.5 Å². The molecule has 0 atom stereocenters. The van der Waals surface area contributed by atoms with Crippen molar-refractivity contribution in [3.63, 3.8) is 0 Å². The van der Waals surface area contributed by atoms with Gasteiger partial charge in [0, 0.05) is 30.4 Å². The maximum absolute atomic E-state index is 13.4. The number of carbonyl (C=O) groups excluding carboxylic acids is 1. The first kappa shape index (κ1) is 28.1. The molecule has 0 bridgehead atoms. The quantitative estimate of drug-likeness (QED) is 0.399. The molecule has 8 nitrogen and oxygen atoms in total. The van der Waals surface area contributed by atoms with Crippen LogP contribution in [0.5, 0.6) is 5.75 Å². The number of nitriles is 1. The fourth-order valence-electron chi connectivity index (χ4n) is 5.06. The number of likely N-dealkylation sites (tertiary alicyclic amines) is 1. The minimum atomic E-state index is -3.64. The monoisotopic (exact) mass is 546 g/mol. The molecule has 3 aromatic rings. The van der Waals surface area contributed by atoms with Crippen molar-refractivity contribution in [2.24, 2.45) is 0 Å². The Morgan fingerprint density at radius 2 is 1.72 bits per heavy atom. The van der Waals surface area contributed by atoms with E-state index in [0.717, 1.165) is 36.0 Å². The number of nitrogens with one attached hydrogen (secondary N) is 2. The number of hydrogen-bond acceptors (Lipinski definition) is 6. The van der Waals surface area contributed by atoms with E-state index in [9.17, 15) is 18.5 Å². The maximum atomic E-state index is 13.4. The molecule has 204 valence electrons. The van der Waals surface area contributed by atoms with E-state index in [0.29, 0.717) is 30.3 Å². The van der Waals surface area contributed by atoms with Crippen molar-refractivity contribution in [3.05, 3.63) is 77.9 Å². The van der Waals surface area contributed by atoms with Crippen LogP contribution in [0, 0.1) is 11.3 Å². The lowest BCUT2D eigenvalue weighted by atomic mass is 9.73. The van der Waals surface area contributed by atoms with E-state index in [4.69, 9.17) is 4.74 Å². The van der Waals surface area contributed by atoms with Crippen LogP contribution in [0.25, 0.3) is 11.1 Å². The average molecular weight is 547 g/mol. The molecule has 0 spiro atoms. The Kier molecular flexibility index (Phi) is 8.28. The van der Waals surface area contributed by atoms with E-state index < -0.39 is 21.3 Å². The molecule has 1 aliphatic heterocycles. The van der Waals surface area contributed by atoms with Gasteiger partial charge in [-0.3, -0.25) is 9.52 Å². The van der Waals surface area contributed by atoms with Gasteiger partial charge in [0.1, 0.15) is 5.75 Å². The zero-order valence-corrected chi connectivity index (χ0v) is 23.5. The molecule has 1 heterocycles. The molecule has 1 saturated heterocycles. The number of sulfonamides is 1. The van der Waals surface area contributed by atoms with E-state index in [-0.39, 0.29) is 11.3 Å². The topological polar surface area (TPSA) is 112 Å². The van der Waals surface area contributed by atoms with Crippen molar-refractivity contribution < 1.29 is 17.9 Å². The van der Waals surface area contributed by atoms with Gasteiger partial charge >= 0.3 is 0 Å². The lowest BCUT2D eigenvalue weighted by Crippen LogP contribution is -2.44. The molecule has 3 aromatic carbocycles. The fraction of sp³-hybridized carbons (Fsp3) is 0.333. The molecule has 0 unspecified atom stereocenters. The molecular formula is C30H34N4O4S. The smallest absolute Gasteiger partial charge is 0.257 e. The van der Waals surface area contributed by atoms with Gasteiger partial charge in [0.2, 0.25) is 10.0 Å². The summed E-state index contributed by atoms with van der Waals surface area (Å²) < 4.78 is 32.3. The van der Waals surface area contributed by atoms with Crippen molar-refractivity contribution in [2.45, 2.75) is 38.1 Å². The third kappa shape index (κ3) is 6.41. The lowest BCUT2D eigenvalue weighted by Gasteiger charge is -2.40. The molecule has 39 heavy (non-hydrogen) atoms. The largest absolute Gasteiger partial charge is 0.496 e. The number of amides is 1. The van der Waals surface area contributed by atoms with Gasteiger partial charge in [0.15, 0.2) is 0 Å². The maximum Gasteiger partial charge on any atom is 0.257 e. The highest BCUT2D eigenvalue weighted by Crippen LogP contribution is 2.41. The van der Waals surface area contributed by atoms with Crippen LogP contribution in [0.15, 0.2) is 66.7 Å². The minimum Gasteiger partial charge on any atom is -0.496 e. The molecule has 1 fully saturated rings. The Balaban J connectivity index is 1.66. The predicted octanol–water partition coefficient (Wildman–Crippen LogP) is 5.25. The first-order chi connectivity index (χ1) is 18.5. The average Bonchev–Trinajstić information content (AvgIpc) is 2.92. The third-order valence-electron chi connectivity index (χ3n) is 7.24. The SMILES string of the molecule is COc1ccc(NC(=O)c2ccc(-c3ccccc3)cc2NS(C)(=O)=O)cc1C1(C#N)CCN(C(C)C)CC1. The van der Waals surface area contributed by atoms with Gasteiger partial charge in [0.25, 0.3) is 5.91 Å². The number of methoxy groups -OCH3 is 1. The van der Waals surface area contributed by atoms with Gasteiger partial charge in [-0.1, -0.05) is 36.4 Å². The molecule has 0 aromatic heterocycles. The molecule has 9 heteroatoms. The summed E-state index contributed by atoms with van der Waals surface area (Å²) >= 11 is 0. The van der Waals surface area contributed by atoms with Gasteiger partial charge in [0.05, 0.1) is 36.1 Å². The zero-order chi connectivity index (χ0) is 28.2. The Morgan fingerprint density at radius 3 is 2.31 bits per heavy atom. The molecule has 0 aliphatic carbocycles. The van der Waals surface area contributed by atoms with E-state index in [2.05, 4.69) is 34.9 Å². The Morgan fingerprint density at radius 1 is 1.03 bits per heavy atom. The van der Waals surface area contributed by atoms with Crippen molar-refractivity contribution in [3.8, 4) is 22.9 Å². The summed E-state index contributed by atoms with van der Waals surface area (Å²) in [7, 11) is -2.07. The van der Waals surface area contributed by atoms with Crippen LogP contribution in [-0.2, 0) is 15.4 Å². The van der Waals surface area contributed by atoms with Crippen LogP contribution in [0.2, 0.25) is 0 Å². The number of nitrogens with zero attached hydrogens (tertiary/aromatic N) is 2. The lowest BCUT2D eigenvalue weighted by molar-refractivity contribution is 0.102. The summed E-state index contributed by atoms with van der Waals surface area (Å²) in [6, 6.07) is 22.8. The first-order valence-corrected chi connectivity index (χ1v) is 14.8. The van der Waals surface area contributed by atoms with Crippen LogP contribution in [0.1, 0.15) is 42.6 Å². The Labute approximate surface area is 230 Å². The van der Waals surface area contributed by atoms with Crippen molar-refractivity contribution >= 4 is 27.3 Å². The summed E-state index contributed by atoms with van der Waals surface area (Å²) in [5, 5.41) is 13.2. The fourth-order valence-corrected chi connectivity index (χ4v) is 5.63. The van der Waals surface area contributed by atoms with Gasteiger partial charge in [-0.2, -0.15) is 5.26 Å². The van der Waals surface area contributed by atoms with Crippen molar-refractivity contribution in [1.82, 2.24) is 4.90 Å². The number of carbonyl (C=O) groups is 1. The molecule has 1 aliphatic rings. The highest BCUT2D eigenvalue weighted by molar-refractivity contribution is 7.92. The van der Waals surface area contributed by atoms with Gasteiger partial charge < -0.3 is 15.0 Å². The standard InChI is InChI=1S/C30H34N4O4S/c1-21(2)34-16-14-30(20-31,15-17-34)26-19-24(11-13-28(26)38-3)32-29(35)25-12-10-23(22-8-6-5-7-9-22)18-27(25)33-39(4,36)37/h5-13,18-19,21,33H,14-17H2,1-4H3,(H,32,35). The second-order valence-electron chi connectivity index (χ2n) is 10.2. The normalized spacial score (nSPS) is 15.4. The van der Waals surface area contributed by atoms with Crippen LogP contribution >= 0.6 is 0 Å². The van der Waals surface area contributed by atoms with Crippen LogP contribution < -0.4 is 14.8 Å². The van der Waals surface area contributed by atoms with E-state index in [1.807, 2.05) is 30.3 Å². The number of benzene rings is 3. The summed E-state index contributed by atoms with van der Waals surface area (Å²) in [6.45, 7) is 5.88. The van der Waals surface area contributed by atoms with Crippen LogP contribution in [-0.4, -0.2) is 51.7 Å². The number of ether oxygens (including phenoxy) is 1. The van der Waals surface area contributed by atoms with Gasteiger partial charge in [-0.25, -0.2) is 8.42 Å². The zero-order valence-electron chi connectivity index (χ0n) is 22.7. The number of hydrogen-bond donors (Lipinski definition) is 2. The number of anilines is 2. The Hall–Kier alpha value is -3.87. The van der Waals surface area contributed by atoms with Crippen LogP contribution in [0.4, 0.5) is 11.4 Å². The second-order valence-corrected chi connectivity index (χ2v) is 11.9. The summed E-state index contributed by atoms with van der Waals surface area (Å²) in [5.74, 6) is 0.122. The van der Waals surface area contributed by atoms with Gasteiger partial charge in [-0.15, -0.1) is 0 Å². The first-order valence-electron chi connectivity index (χ1n) is 12.9. The second kappa shape index (κ2) is 11.5. The minimum absolute atomic E-state index is 0.178. The molecule has 2 N–H and O–H groups in total.